The number of alkyl halides is 1. The molecule has 1 heterocycles. The Bertz CT molecular complexity index is 258. The lowest BCUT2D eigenvalue weighted by atomic mass is 10.2. The van der Waals surface area contributed by atoms with E-state index in [1.807, 2.05) is 11.0 Å². The minimum Gasteiger partial charge on any atom is -0.339 e. The summed E-state index contributed by atoms with van der Waals surface area (Å²) >= 11 is 2.37. The lowest BCUT2D eigenvalue weighted by Crippen LogP contribution is -2.30. The van der Waals surface area contributed by atoms with E-state index in [1.54, 1.807) is 6.08 Å². The van der Waals surface area contributed by atoms with Crippen molar-refractivity contribution in [2.45, 2.75) is 36.7 Å². The highest BCUT2D eigenvalue weighted by Gasteiger charge is 2.12. The van der Waals surface area contributed by atoms with E-state index < -0.39 is 0 Å². The fourth-order valence-corrected chi connectivity index (χ4v) is 2.09. The van der Waals surface area contributed by atoms with Gasteiger partial charge in [-0.15, -0.1) is 0 Å². The van der Waals surface area contributed by atoms with Crippen molar-refractivity contribution in [2.24, 2.45) is 0 Å². The number of likely N-dealkylation sites (N-methyl/N-ethyl adjacent to an activating group) is 1. The number of hydrogen-bond donors (Lipinski definition) is 0. The van der Waals surface area contributed by atoms with Gasteiger partial charge in [0, 0.05) is 25.7 Å². The van der Waals surface area contributed by atoms with Crippen molar-refractivity contribution in [1.29, 1.82) is 0 Å². The number of carbonyl (C=O) groups excluding carboxylic acids is 1. The van der Waals surface area contributed by atoms with E-state index in [0.29, 0.717) is 4.05 Å². The highest BCUT2D eigenvalue weighted by atomic mass is 127. The van der Waals surface area contributed by atoms with E-state index in [1.165, 1.54) is 12.8 Å². The van der Waals surface area contributed by atoms with Crippen molar-refractivity contribution in [3.8, 4) is 0 Å². The number of carbonyl (C=O) groups is 1. The lowest BCUT2D eigenvalue weighted by molar-refractivity contribution is -0.126. The zero-order chi connectivity index (χ0) is 12.7. The Balaban J connectivity index is 2.34. The van der Waals surface area contributed by atoms with Gasteiger partial charge in [-0.2, -0.15) is 0 Å². The van der Waals surface area contributed by atoms with Crippen LogP contribution in [0.1, 0.15) is 32.6 Å². The molecule has 1 saturated heterocycles. The average molecular weight is 350 g/mol. The summed E-state index contributed by atoms with van der Waals surface area (Å²) in [6.45, 7) is 4.85. The average Bonchev–Trinajstić information content (AvgIpc) is 2.57. The van der Waals surface area contributed by atoms with Crippen LogP contribution in [0.5, 0.6) is 0 Å². The molecule has 1 unspecified atom stereocenters. The zero-order valence-corrected chi connectivity index (χ0v) is 13.0. The van der Waals surface area contributed by atoms with Crippen LogP contribution >= 0.6 is 22.6 Å². The standard InChI is InChI=1S/C13H23IN2O/c1-12(14)15(2)9-7-8-13(17)16-10-5-3-4-6-11-16/h7-8,12H,3-6,9-11H2,1-2H3/b8-7+. The molecule has 0 N–H and O–H groups in total. The Hall–Kier alpha value is -0.100. The molecule has 1 fully saturated rings. The van der Waals surface area contributed by atoms with Gasteiger partial charge >= 0.3 is 0 Å². The van der Waals surface area contributed by atoms with Gasteiger partial charge in [-0.1, -0.05) is 41.5 Å². The van der Waals surface area contributed by atoms with Crippen molar-refractivity contribution in [3.05, 3.63) is 12.2 Å². The Morgan fingerprint density at radius 3 is 2.47 bits per heavy atom. The molecule has 1 atom stereocenters. The van der Waals surface area contributed by atoms with Crippen molar-refractivity contribution in [2.75, 3.05) is 26.7 Å². The molecule has 0 radical (unpaired) electrons. The number of amides is 1. The molecular weight excluding hydrogens is 327 g/mol. The summed E-state index contributed by atoms with van der Waals surface area (Å²) in [5.74, 6) is 0.182. The van der Waals surface area contributed by atoms with E-state index in [9.17, 15) is 4.79 Å². The van der Waals surface area contributed by atoms with Crippen LogP contribution in [-0.4, -0.2) is 46.4 Å². The summed E-state index contributed by atoms with van der Waals surface area (Å²) in [4.78, 5) is 16.1. The summed E-state index contributed by atoms with van der Waals surface area (Å²) in [6.07, 6.45) is 8.56. The SMILES string of the molecule is CC(I)N(C)C/C=C/C(=O)N1CCCCCC1. The Kier molecular flexibility index (Phi) is 7.11. The second kappa shape index (κ2) is 8.08. The molecule has 98 valence electrons. The zero-order valence-electron chi connectivity index (χ0n) is 10.9. The monoisotopic (exact) mass is 350 g/mol. The Morgan fingerprint density at radius 1 is 1.35 bits per heavy atom. The number of likely N-dealkylation sites (tertiary alicyclic amines) is 1. The molecule has 0 spiro atoms. The van der Waals surface area contributed by atoms with Crippen LogP contribution in [0.3, 0.4) is 0 Å². The van der Waals surface area contributed by atoms with E-state index in [2.05, 4.69) is 41.5 Å². The van der Waals surface area contributed by atoms with Gasteiger partial charge in [0.2, 0.25) is 5.91 Å². The van der Waals surface area contributed by atoms with Gasteiger partial charge in [0.1, 0.15) is 0 Å². The molecule has 0 saturated carbocycles. The lowest BCUT2D eigenvalue weighted by Gasteiger charge is -2.19. The summed E-state index contributed by atoms with van der Waals surface area (Å²) in [7, 11) is 2.07. The smallest absolute Gasteiger partial charge is 0.246 e. The van der Waals surface area contributed by atoms with Gasteiger partial charge in [0.05, 0.1) is 4.05 Å². The van der Waals surface area contributed by atoms with Gasteiger partial charge in [0.15, 0.2) is 0 Å². The van der Waals surface area contributed by atoms with Crippen molar-refractivity contribution in [3.63, 3.8) is 0 Å². The van der Waals surface area contributed by atoms with E-state index in [0.717, 1.165) is 32.5 Å². The fourth-order valence-electron chi connectivity index (χ4n) is 1.86. The van der Waals surface area contributed by atoms with E-state index >= 15 is 0 Å². The molecule has 4 heteroatoms. The Labute approximate surface area is 118 Å². The van der Waals surface area contributed by atoms with Crippen LogP contribution in [0.15, 0.2) is 12.2 Å². The quantitative estimate of drug-likeness (QED) is 0.337. The summed E-state index contributed by atoms with van der Waals surface area (Å²) < 4.78 is 0.491. The van der Waals surface area contributed by atoms with Crippen molar-refractivity contribution >= 4 is 28.5 Å². The van der Waals surface area contributed by atoms with Crippen LogP contribution in [0.4, 0.5) is 0 Å². The van der Waals surface area contributed by atoms with Crippen LogP contribution in [0.25, 0.3) is 0 Å². The first kappa shape index (κ1) is 15.0. The van der Waals surface area contributed by atoms with Crippen molar-refractivity contribution < 1.29 is 4.79 Å². The largest absolute Gasteiger partial charge is 0.339 e. The third kappa shape index (κ3) is 5.86. The number of nitrogens with zero attached hydrogens (tertiary/aromatic N) is 2. The highest BCUT2D eigenvalue weighted by molar-refractivity contribution is 14.1. The third-order valence-corrected chi connectivity index (χ3v) is 4.13. The van der Waals surface area contributed by atoms with Gasteiger partial charge < -0.3 is 4.90 Å². The number of hydrogen-bond acceptors (Lipinski definition) is 2. The third-order valence-electron chi connectivity index (χ3n) is 3.18. The predicted octanol–water partition coefficient (Wildman–Crippen LogP) is 2.66. The second-order valence-corrected chi connectivity index (χ2v) is 6.46. The maximum Gasteiger partial charge on any atom is 0.246 e. The highest BCUT2D eigenvalue weighted by Crippen LogP contribution is 2.10. The molecule has 3 nitrogen and oxygen atoms in total. The summed E-state index contributed by atoms with van der Waals surface area (Å²) in [5.41, 5.74) is 0. The van der Waals surface area contributed by atoms with Gasteiger partial charge in [-0.3, -0.25) is 9.69 Å². The molecule has 0 bridgehead atoms. The van der Waals surface area contributed by atoms with E-state index in [-0.39, 0.29) is 5.91 Å². The fraction of sp³-hybridized carbons (Fsp3) is 0.769. The van der Waals surface area contributed by atoms with Crippen LogP contribution in [0, 0.1) is 0 Å². The number of halogens is 1. The first-order valence-corrected chi connectivity index (χ1v) is 7.65. The molecule has 0 aliphatic carbocycles. The molecule has 1 aliphatic heterocycles. The summed E-state index contributed by atoms with van der Waals surface area (Å²) in [6, 6.07) is 0. The predicted molar refractivity (Wildman–Crippen MR) is 80.3 cm³/mol. The molecule has 17 heavy (non-hydrogen) atoms. The molecular formula is C13H23IN2O. The topological polar surface area (TPSA) is 23.6 Å². The molecule has 1 rings (SSSR count). The van der Waals surface area contributed by atoms with Crippen molar-refractivity contribution in [1.82, 2.24) is 9.80 Å². The van der Waals surface area contributed by atoms with Crippen LogP contribution in [-0.2, 0) is 4.79 Å². The molecule has 0 aromatic heterocycles. The maximum atomic E-state index is 11.9. The first-order chi connectivity index (χ1) is 8.11. The van der Waals surface area contributed by atoms with Gasteiger partial charge in [-0.25, -0.2) is 0 Å². The maximum absolute atomic E-state index is 11.9. The minimum absolute atomic E-state index is 0.182. The Morgan fingerprint density at radius 2 is 1.94 bits per heavy atom. The molecule has 1 aliphatic rings. The molecule has 0 aromatic carbocycles. The van der Waals surface area contributed by atoms with Crippen LogP contribution < -0.4 is 0 Å². The number of rotatable bonds is 4. The molecule has 0 aromatic rings. The van der Waals surface area contributed by atoms with Gasteiger partial charge in [0.25, 0.3) is 0 Å². The second-order valence-electron chi connectivity index (χ2n) is 4.66. The van der Waals surface area contributed by atoms with Gasteiger partial charge in [-0.05, 0) is 26.8 Å². The van der Waals surface area contributed by atoms with Crippen LogP contribution in [0.2, 0.25) is 0 Å². The minimum atomic E-state index is 0.182. The first-order valence-electron chi connectivity index (χ1n) is 6.41. The summed E-state index contributed by atoms with van der Waals surface area (Å²) in [5, 5.41) is 0. The van der Waals surface area contributed by atoms with E-state index in [4.69, 9.17) is 0 Å². The normalized spacial score (nSPS) is 19.6. The molecule has 1 amide bonds.